The Kier molecular flexibility index (Phi) is 5.47. The number of anilines is 3. The first-order valence-electron chi connectivity index (χ1n) is 13.7. The summed E-state index contributed by atoms with van der Waals surface area (Å²) in [5.74, 6) is 0.106. The van der Waals surface area contributed by atoms with Crippen molar-refractivity contribution < 1.29 is 9.72 Å². The number of hydrogen-bond donors (Lipinski definition) is 2. The zero-order valence-corrected chi connectivity index (χ0v) is 24.6. The van der Waals surface area contributed by atoms with Crippen LogP contribution in [0.2, 0.25) is 0 Å². The van der Waals surface area contributed by atoms with Gasteiger partial charge in [-0.3, -0.25) is 19.7 Å². The van der Waals surface area contributed by atoms with Crippen LogP contribution in [-0.4, -0.2) is 25.2 Å². The van der Waals surface area contributed by atoms with Crippen LogP contribution in [0.25, 0.3) is 27.8 Å². The van der Waals surface area contributed by atoms with E-state index in [9.17, 15) is 19.7 Å². The van der Waals surface area contributed by atoms with Crippen LogP contribution in [0.5, 0.6) is 0 Å². The van der Waals surface area contributed by atoms with Gasteiger partial charge in [-0.25, -0.2) is 4.68 Å². The molecule has 11 heteroatoms. The molecule has 0 radical (unpaired) electrons. The summed E-state index contributed by atoms with van der Waals surface area (Å²) in [6.07, 6.45) is 0. The highest BCUT2D eigenvalue weighted by Crippen LogP contribution is 2.58. The van der Waals surface area contributed by atoms with Gasteiger partial charge in [0.05, 0.1) is 33.1 Å². The third-order valence-corrected chi connectivity index (χ3v) is 9.00. The average molecular weight is 645 g/mol. The van der Waals surface area contributed by atoms with Gasteiger partial charge in [-0.15, -0.1) is 0 Å². The smallest absolute Gasteiger partial charge is 0.269 e. The van der Waals surface area contributed by atoms with Gasteiger partial charge in [0.15, 0.2) is 0 Å². The summed E-state index contributed by atoms with van der Waals surface area (Å²) in [4.78, 5) is 40.2. The molecule has 2 aliphatic rings. The van der Waals surface area contributed by atoms with Crippen LogP contribution in [0.1, 0.15) is 16.7 Å². The number of carbonyl (C=O) groups excluding carboxylic acids is 1. The van der Waals surface area contributed by atoms with E-state index in [-0.39, 0.29) is 17.2 Å². The number of nitrogens with one attached hydrogen (secondary N) is 2. The number of rotatable bonds is 3. The van der Waals surface area contributed by atoms with Gasteiger partial charge < -0.3 is 15.2 Å². The molecule has 1 spiro atoms. The van der Waals surface area contributed by atoms with E-state index < -0.39 is 10.3 Å². The Bertz CT molecular complexity index is 2280. The molecular formula is C33H21BrN6O4. The lowest BCUT2D eigenvalue weighted by Gasteiger charge is -2.36. The summed E-state index contributed by atoms with van der Waals surface area (Å²) in [5.41, 5.74) is 3.03. The Balaban J connectivity index is 1.58. The summed E-state index contributed by atoms with van der Waals surface area (Å²) in [6, 6.07) is 28.6. The molecule has 0 bridgehead atoms. The molecule has 1 amide bonds. The van der Waals surface area contributed by atoms with Gasteiger partial charge in [-0.1, -0.05) is 64.5 Å². The minimum absolute atomic E-state index is 0.0590. The molecule has 214 valence electrons. The number of non-ortho nitro benzene ring substituents is 1. The summed E-state index contributed by atoms with van der Waals surface area (Å²) < 4.78 is 3.98. The molecule has 1 atom stereocenters. The first-order chi connectivity index (χ1) is 21.3. The van der Waals surface area contributed by atoms with Crippen molar-refractivity contribution in [2.24, 2.45) is 7.05 Å². The van der Waals surface area contributed by atoms with Crippen LogP contribution in [-0.2, 0) is 17.3 Å². The fourth-order valence-corrected chi connectivity index (χ4v) is 6.94. The average Bonchev–Trinajstić information content (AvgIpc) is 3.56. The number of amides is 1. The fourth-order valence-electron chi connectivity index (χ4n) is 6.58. The van der Waals surface area contributed by atoms with Gasteiger partial charge in [0.25, 0.3) is 11.2 Å². The first kappa shape index (κ1) is 26.1. The van der Waals surface area contributed by atoms with Crippen LogP contribution < -0.4 is 16.2 Å². The number of nitro groups is 1. The molecule has 1 unspecified atom stereocenters. The van der Waals surface area contributed by atoms with E-state index in [1.165, 1.54) is 12.1 Å². The van der Waals surface area contributed by atoms with Gasteiger partial charge in [-0.2, -0.15) is 5.10 Å². The molecule has 4 aromatic carbocycles. The quantitative estimate of drug-likeness (QED) is 0.170. The second-order valence-corrected chi connectivity index (χ2v) is 11.7. The van der Waals surface area contributed by atoms with E-state index in [1.807, 2.05) is 72.8 Å². The minimum Gasteiger partial charge on any atom is -0.339 e. The lowest BCUT2D eigenvalue weighted by atomic mass is 9.67. The maximum absolute atomic E-state index is 14.7. The second-order valence-electron chi connectivity index (χ2n) is 10.8. The topological polar surface area (TPSA) is 124 Å². The Hall–Kier alpha value is -5.55. The lowest BCUT2D eigenvalue weighted by Crippen LogP contribution is -2.46. The molecule has 2 aliphatic heterocycles. The molecule has 0 fully saturated rings. The van der Waals surface area contributed by atoms with Gasteiger partial charge >= 0.3 is 0 Å². The molecule has 0 aliphatic carbocycles. The van der Waals surface area contributed by atoms with Crippen molar-refractivity contribution in [2.45, 2.75) is 5.41 Å². The van der Waals surface area contributed by atoms with E-state index in [4.69, 9.17) is 5.10 Å². The van der Waals surface area contributed by atoms with Crippen molar-refractivity contribution in [3.63, 3.8) is 0 Å². The van der Waals surface area contributed by atoms with E-state index in [0.717, 1.165) is 15.4 Å². The molecule has 8 rings (SSSR count). The van der Waals surface area contributed by atoms with Gasteiger partial charge in [0, 0.05) is 51.4 Å². The number of nitrogens with zero attached hydrogens (tertiary/aromatic N) is 4. The van der Waals surface area contributed by atoms with Crippen molar-refractivity contribution in [1.29, 1.82) is 0 Å². The third-order valence-electron chi connectivity index (χ3n) is 8.51. The summed E-state index contributed by atoms with van der Waals surface area (Å²) >= 11 is 3.60. The van der Waals surface area contributed by atoms with Gasteiger partial charge in [-0.05, 0) is 36.4 Å². The Morgan fingerprint density at radius 3 is 2.36 bits per heavy atom. The van der Waals surface area contributed by atoms with Gasteiger partial charge in [0.2, 0.25) is 5.91 Å². The molecule has 6 aromatic rings. The van der Waals surface area contributed by atoms with E-state index >= 15 is 0 Å². The number of para-hydroxylation sites is 1. The fraction of sp³-hybridized carbons (Fsp3) is 0.0606. The molecule has 10 nitrogen and oxygen atoms in total. The number of halogens is 1. The Labute approximate surface area is 257 Å². The zero-order chi connectivity index (χ0) is 30.3. The monoisotopic (exact) mass is 644 g/mol. The highest BCUT2D eigenvalue weighted by Gasteiger charge is 2.58. The van der Waals surface area contributed by atoms with Crippen molar-refractivity contribution in [2.75, 3.05) is 10.6 Å². The number of aryl methyl sites for hydroxylation is 1. The first-order valence-corrected chi connectivity index (χ1v) is 14.5. The van der Waals surface area contributed by atoms with E-state index in [2.05, 4.69) is 26.6 Å². The van der Waals surface area contributed by atoms with Crippen LogP contribution in [0.3, 0.4) is 0 Å². The minimum atomic E-state index is -1.59. The predicted molar refractivity (Wildman–Crippen MR) is 171 cm³/mol. The molecule has 0 saturated carbocycles. The molecule has 2 N–H and O–H groups in total. The van der Waals surface area contributed by atoms with Crippen molar-refractivity contribution in [3.8, 4) is 16.9 Å². The number of nitro benzene ring substituents is 1. The maximum Gasteiger partial charge on any atom is 0.269 e. The van der Waals surface area contributed by atoms with Crippen LogP contribution in [0.4, 0.5) is 22.9 Å². The normalized spacial score (nSPS) is 16.3. The predicted octanol–water partition coefficient (Wildman–Crippen LogP) is 6.41. The maximum atomic E-state index is 14.7. The molecule has 44 heavy (non-hydrogen) atoms. The number of carbonyl (C=O) groups is 1. The Morgan fingerprint density at radius 2 is 1.61 bits per heavy atom. The molecule has 0 saturated heterocycles. The number of hydrogen-bond acceptors (Lipinski definition) is 6. The van der Waals surface area contributed by atoms with Crippen molar-refractivity contribution >= 4 is 55.6 Å². The number of fused-ring (bicyclic) bond motifs is 8. The summed E-state index contributed by atoms with van der Waals surface area (Å²) in [7, 11) is 1.71. The number of aromatic nitrogens is 3. The lowest BCUT2D eigenvalue weighted by molar-refractivity contribution is -0.384. The molecule has 2 aromatic heterocycles. The zero-order valence-electron chi connectivity index (χ0n) is 23.0. The molecule has 4 heterocycles. The highest BCUT2D eigenvalue weighted by atomic mass is 79.9. The number of pyridine rings is 1. The van der Waals surface area contributed by atoms with Crippen LogP contribution >= 0.6 is 15.9 Å². The summed E-state index contributed by atoms with van der Waals surface area (Å²) in [5, 5.41) is 23.8. The van der Waals surface area contributed by atoms with Crippen molar-refractivity contribution in [1.82, 2.24) is 14.3 Å². The second kappa shape index (κ2) is 9.22. The molecular weight excluding hydrogens is 624 g/mol. The number of benzene rings is 4. The van der Waals surface area contributed by atoms with Gasteiger partial charge in [0.1, 0.15) is 11.2 Å². The van der Waals surface area contributed by atoms with Crippen molar-refractivity contribution in [3.05, 3.63) is 139 Å². The van der Waals surface area contributed by atoms with Crippen LogP contribution in [0.15, 0.2) is 106 Å². The third kappa shape index (κ3) is 3.38. The summed E-state index contributed by atoms with van der Waals surface area (Å²) in [6.45, 7) is 0. The van der Waals surface area contributed by atoms with Crippen LogP contribution in [0, 0.1) is 10.1 Å². The largest absolute Gasteiger partial charge is 0.339 e. The highest BCUT2D eigenvalue weighted by molar-refractivity contribution is 9.10. The van der Waals surface area contributed by atoms with E-state index in [1.54, 1.807) is 28.4 Å². The Morgan fingerprint density at radius 1 is 0.886 bits per heavy atom. The SMILES string of the molecule is Cn1c(=O)c2c(c3ccccc31)Nc1c(c(-c3ccccc3)nn1-c1ccc([N+](=O)[O-])cc1)C21C(=O)Nc2ccc(Br)cc21. The van der Waals surface area contributed by atoms with E-state index in [0.29, 0.717) is 50.8 Å². The standard InChI is InChI=1S/C33H21BrN6O4/c1-38-25-10-6-5-9-22(25)29-27(31(38)41)33(23-17-19(34)11-16-24(23)35-32(33)42)26-28(18-7-3-2-4-8-18)37-39(30(26)36-29)20-12-14-21(15-13-20)40(43)44/h2-17,36H,1H3,(H,35,42).